The zero-order chi connectivity index (χ0) is 26.5. The summed E-state index contributed by atoms with van der Waals surface area (Å²) in [5, 5.41) is 12.5. The molecule has 2 saturated heterocycles. The van der Waals surface area contributed by atoms with Gasteiger partial charge in [0.15, 0.2) is 23.3 Å². The highest BCUT2D eigenvalue weighted by Gasteiger charge is 2.56. The number of benzene rings is 2. The predicted molar refractivity (Wildman–Crippen MR) is 128 cm³/mol. The van der Waals surface area contributed by atoms with E-state index >= 15 is 0 Å². The smallest absolute Gasteiger partial charge is 0.200 e. The van der Waals surface area contributed by atoms with Crippen molar-refractivity contribution in [1.82, 2.24) is 4.98 Å². The molecule has 5 atom stereocenters. The fraction of sp³-hybridized carbons (Fsp3) is 0.393. The molecule has 0 saturated carbocycles. The van der Waals surface area contributed by atoms with E-state index in [2.05, 4.69) is 11.6 Å². The molecule has 9 heteroatoms. The van der Waals surface area contributed by atoms with Crippen LogP contribution < -0.4 is 4.74 Å². The van der Waals surface area contributed by atoms with Crippen molar-refractivity contribution < 1.29 is 36.3 Å². The van der Waals surface area contributed by atoms with Gasteiger partial charge < -0.3 is 14.3 Å². The number of aliphatic hydroxyl groups excluding tert-OH is 1. The van der Waals surface area contributed by atoms with Crippen LogP contribution in [0.1, 0.15) is 42.9 Å². The Labute approximate surface area is 211 Å². The zero-order valence-corrected chi connectivity index (χ0v) is 20.4. The number of methoxy groups -OCH3 is 1. The largest absolute Gasteiger partial charge is 0.497 e. The number of quaternary nitrogens is 1. The molecule has 2 aliphatic heterocycles. The average molecular weight is 520 g/mol. The highest BCUT2D eigenvalue weighted by atomic mass is 19.2. The molecule has 2 aliphatic rings. The van der Waals surface area contributed by atoms with Gasteiger partial charge in [0.05, 0.1) is 30.8 Å². The van der Waals surface area contributed by atoms with Crippen molar-refractivity contribution in [3.8, 4) is 5.75 Å². The Morgan fingerprint density at radius 3 is 2.38 bits per heavy atom. The number of ether oxygens (including phenoxy) is 1. The first-order chi connectivity index (χ1) is 17.7. The van der Waals surface area contributed by atoms with Crippen LogP contribution in [0.3, 0.4) is 0 Å². The fourth-order valence-corrected chi connectivity index (χ4v) is 6.32. The maximum absolute atomic E-state index is 14.8. The van der Waals surface area contributed by atoms with Gasteiger partial charge >= 0.3 is 0 Å². The molecule has 0 radical (unpaired) electrons. The second-order valence-electron chi connectivity index (χ2n) is 10.1. The van der Waals surface area contributed by atoms with Crippen LogP contribution in [0.4, 0.5) is 22.0 Å². The normalized spacial score (nSPS) is 26.2. The minimum Gasteiger partial charge on any atom is -0.497 e. The molecule has 0 spiro atoms. The molecule has 1 N–H and O–H groups in total. The number of halogens is 5. The number of allylic oxidation sites excluding steroid dienone is 1. The predicted octanol–water partition coefficient (Wildman–Crippen LogP) is 6.12. The first-order valence-electron chi connectivity index (χ1n) is 12.3. The number of aliphatic hydroxyl groups is 1. The lowest BCUT2D eigenvalue weighted by molar-refractivity contribution is -1.02. The average Bonchev–Trinajstić information content (AvgIpc) is 3.01. The Balaban J connectivity index is 1.63. The summed E-state index contributed by atoms with van der Waals surface area (Å²) in [5.41, 5.74) is 0.379. The van der Waals surface area contributed by atoms with Gasteiger partial charge in [0.25, 0.3) is 0 Å². The van der Waals surface area contributed by atoms with Crippen LogP contribution in [0.2, 0.25) is 0 Å². The van der Waals surface area contributed by atoms with Crippen molar-refractivity contribution in [2.75, 3.05) is 13.7 Å². The van der Waals surface area contributed by atoms with E-state index in [1.807, 2.05) is 6.08 Å². The Hall–Kier alpha value is -3.04. The lowest BCUT2D eigenvalue weighted by atomic mass is 9.85. The van der Waals surface area contributed by atoms with E-state index in [0.29, 0.717) is 54.4 Å². The molecule has 0 bridgehead atoms. The molecule has 2 fully saturated rings. The number of hydrogen-bond acceptors (Lipinski definition) is 3. The topological polar surface area (TPSA) is 42.4 Å². The Morgan fingerprint density at radius 1 is 1.05 bits per heavy atom. The monoisotopic (exact) mass is 519 g/mol. The summed E-state index contributed by atoms with van der Waals surface area (Å²) < 4.78 is 77.0. The molecule has 3 aromatic rings. The van der Waals surface area contributed by atoms with Crippen LogP contribution in [0, 0.1) is 35.0 Å². The van der Waals surface area contributed by atoms with Crippen LogP contribution in [0.5, 0.6) is 5.75 Å². The minimum absolute atomic E-state index is 0.0393. The summed E-state index contributed by atoms with van der Waals surface area (Å²) >= 11 is 0. The quantitative estimate of drug-likeness (QED) is 0.140. The number of aromatic nitrogens is 1. The van der Waals surface area contributed by atoms with Gasteiger partial charge in [-0.2, -0.15) is 0 Å². The van der Waals surface area contributed by atoms with E-state index in [1.54, 1.807) is 30.5 Å². The van der Waals surface area contributed by atoms with Crippen molar-refractivity contribution in [2.24, 2.45) is 5.92 Å². The number of hydrogen-bond donors (Lipinski definition) is 1. The highest BCUT2D eigenvalue weighted by Crippen LogP contribution is 2.48. The SMILES string of the molecule is C=CC1CCC(C(O)c2ccnc3ccc(OC)cc23)[N+]2(Cc3c(F)c(F)c(F)c(F)c3F)CCC2C1. The summed E-state index contributed by atoms with van der Waals surface area (Å²) in [5.74, 6) is -9.01. The lowest BCUT2D eigenvalue weighted by Crippen LogP contribution is -2.69. The van der Waals surface area contributed by atoms with Gasteiger partial charge in [-0.05, 0) is 42.2 Å². The van der Waals surface area contributed by atoms with Gasteiger partial charge in [-0.15, -0.1) is 6.58 Å². The Bertz CT molecular complexity index is 1340. The summed E-state index contributed by atoms with van der Waals surface area (Å²) in [6.07, 6.45) is 4.89. The molecule has 2 aromatic carbocycles. The number of rotatable bonds is 6. The van der Waals surface area contributed by atoms with Crippen molar-refractivity contribution in [1.29, 1.82) is 0 Å². The molecule has 37 heavy (non-hydrogen) atoms. The summed E-state index contributed by atoms with van der Waals surface area (Å²) in [6, 6.07) is 6.34. The minimum atomic E-state index is -2.17. The molecule has 3 heterocycles. The van der Waals surface area contributed by atoms with Crippen LogP contribution in [0.15, 0.2) is 43.1 Å². The molecule has 5 unspecified atom stereocenters. The molecule has 0 aliphatic carbocycles. The van der Waals surface area contributed by atoms with E-state index in [0.717, 1.165) is 0 Å². The summed E-state index contributed by atoms with van der Waals surface area (Å²) in [7, 11) is 1.53. The van der Waals surface area contributed by atoms with Crippen LogP contribution in [-0.2, 0) is 6.54 Å². The van der Waals surface area contributed by atoms with E-state index in [9.17, 15) is 27.1 Å². The molecular weight excluding hydrogens is 491 g/mol. The van der Waals surface area contributed by atoms with E-state index in [4.69, 9.17) is 4.74 Å². The van der Waals surface area contributed by atoms with Crippen molar-refractivity contribution in [3.05, 3.63) is 83.3 Å². The van der Waals surface area contributed by atoms with Crippen molar-refractivity contribution >= 4 is 10.9 Å². The van der Waals surface area contributed by atoms with Gasteiger partial charge in [0, 0.05) is 30.8 Å². The van der Waals surface area contributed by atoms with Crippen LogP contribution >= 0.6 is 0 Å². The molecule has 196 valence electrons. The fourth-order valence-electron chi connectivity index (χ4n) is 6.32. The molecule has 1 aromatic heterocycles. The van der Waals surface area contributed by atoms with Crippen molar-refractivity contribution in [2.45, 2.75) is 50.4 Å². The number of fused-ring (bicyclic) bond motifs is 2. The molecular formula is C28H28F5N2O2+. The van der Waals surface area contributed by atoms with Crippen LogP contribution in [-0.4, -0.2) is 40.3 Å². The number of pyridine rings is 1. The first kappa shape index (κ1) is 25.6. The van der Waals surface area contributed by atoms with E-state index < -0.39 is 53.3 Å². The third-order valence-electron chi connectivity index (χ3n) is 8.43. The second-order valence-corrected chi connectivity index (χ2v) is 10.1. The maximum atomic E-state index is 14.8. The molecule has 5 rings (SSSR count). The molecule has 4 nitrogen and oxygen atoms in total. The van der Waals surface area contributed by atoms with Gasteiger partial charge in [0.1, 0.15) is 24.4 Å². The van der Waals surface area contributed by atoms with E-state index in [1.165, 1.54) is 7.11 Å². The summed E-state index contributed by atoms with van der Waals surface area (Å²) in [4.78, 5) is 4.37. The summed E-state index contributed by atoms with van der Waals surface area (Å²) in [6.45, 7) is 3.95. The van der Waals surface area contributed by atoms with Gasteiger partial charge in [0.2, 0.25) is 5.82 Å². The van der Waals surface area contributed by atoms with Gasteiger partial charge in [-0.3, -0.25) is 4.98 Å². The Kier molecular flexibility index (Phi) is 6.70. The van der Waals surface area contributed by atoms with Crippen molar-refractivity contribution in [3.63, 3.8) is 0 Å². The zero-order valence-electron chi connectivity index (χ0n) is 20.4. The highest BCUT2D eigenvalue weighted by molar-refractivity contribution is 5.83. The van der Waals surface area contributed by atoms with E-state index in [-0.39, 0.29) is 16.4 Å². The second kappa shape index (κ2) is 9.68. The van der Waals surface area contributed by atoms with Gasteiger partial charge in [-0.1, -0.05) is 6.08 Å². The Morgan fingerprint density at radius 2 is 1.76 bits per heavy atom. The standard InChI is InChI=1S/C28H28F5N2O2/c1-3-15-4-7-22(28(36)18-8-10-34-21-6-5-17(37-2)13-19(18)21)35(11-9-16(35)12-15)14-20-23(29)25(31)27(33)26(32)24(20)30/h3,5-6,8,10,13,15-16,22,28,36H,1,4,7,9,11-12,14H2,2H3/q+1. The lowest BCUT2D eigenvalue weighted by Gasteiger charge is -2.57. The third kappa shape index (κ3) is 4.08. The number of nitrogens with zero attached hydrogens (tertiary/aromatic N) is 2. The third-order valence-corrected chi connectivity index (χ3v) is 8.43. The van der Waals surface area contributed by atoms with Crippen LogP contribution in [0.25, 0.3) is 10.9 Å². The molecule has 0 amide bonds. The van der Waals surface area contributed by atoms with Gasteiger partial charge in [-0.25, -0.2) is 22.0 Å². The maximum Gasteiger partial charge on any atom is 0.200 e. The first-order valence-corrected chi connectivity index (χ1v) is 12.3.